The normalized spacial score (nSPS) is 14.6. The Morgan fingerprint density at radius 2 is 1.64 bits per heavy atom. The van der Waals surface area contributed by atoms with Gasteiger partial charge < -0.3 is 9.30 Å². The van der Waals surface area contributed by atoms with Crippen molar-refractivity contribution < 1.29 is 14.3 Å². The lowest BCUT2D eigenvalue weighted by molar-refractivity contribution is -0.122. The molecule has 0 aliphatic carbocycles. The van der Waals surface area contributed by atoms with E-state index in [1.165, 1.54) is 4.90 Å². The van der Waals surface area contributed by atoms with E-state index in [-0.39, 0.29) is 10.7 Å². The molecular formula is C30H23Cl2N3O3S. The van der Waals surface area contributed by atoms with Gasteiger partial charge in [0.15, 0.2) is 5.11 Å². The van der Waals surface area contributed by atoms with E-state index >= 15 is 0 Å². The molecule has 0 spiro atoms. The number of aromatic nitrogens is 1. The van der Waals surface area contributed by atoms with Gasteiger partial charge in [-0.05, 0) is 97.9 Å². The van der Waals surface area contributed by atoms with E-state index in [0.29, 0.717) is 22.3 Å². The van der Waals surface area contributed by atoms with Crippen LogP contribution in [0.1, 0.15) is 22.5 Å². The Labute approximate surface area is 241 Å². The van der Waals surface area contributed by atoms with Crippen molar-refractivity contribution in [2.45, 2.75) is 20.5 Å². The largest absolute Gasteiger partial charge is 0.489 e. The van der Waals surface area contributed by atoms with E-state index < -0.39 is 11.8 Å². The van der Waals surface area contributed by atoms with Crippen molar-refractivity contribution in [3.63, 3.8) is 0 Å². The quantitative estimate of drug-likeness (QED) is 0.156. The summed E-state index contributed by atoms with van der Waals surface area (Å²) in [5.41, 5.74) is 4.86. The van der Waals surface area contributed by atoms with Gasteiger partial charge in [0.25, 0.3) is 11.8 Å². The molecule has 196 valence electrons. The zero-order chi connectivity index (χ0) is 27.7. The number of thiocarbonyl (C=S) groups is 1. The standard InChI is InChI=1S/C30H23Cl2N3O3S/c1-18-15-21(16-25-28(36)33-30(39)35(29(25)37)27-6-4-3-5-26(27)32)19(2)34(18)23-11-13-24(14-12-23)38-17-20-7-9-22(31)10-8-20/h3-16H,17H2,1-2H3,(H,33,36,39)/b25-16+. The lowest BCUT2D eigenvalue weighted by Crippen LogP contribution is -2.54. The highest BCUT2D eigenvalue weighted by atomic mass is 35.5. The monoisotopic (exact) mass is 575 g/mol. The maximum absolute atomic E-state index is 13.4. The Kier molecular flexibility index (Phi) is 7.57. The number of rotatable bonds is 6. The summed E-state index contributed by atoms with van der Waals surface area (Å²) < 4.78 is 7.96. The van der Waals surface area contributed by atoms with Crippen molar-refractivity contribution >= 4 is 64.1 Å². The third-order valence-corrected chi connectivity index (χ3v) is 7.24. The molecule has 39 heavy (non-hydrogen) atoms. The average Bonchev–Trinajstić information content (AvgIpc) is 3.20. The second kappa shape index (κ2) is 11.1. The summed E-state index contributed by atoms with van der Waals surface area (Å²) >= 11 is 17.5. The summed E-state index contributed by atoms with van der Waals surface area (Å²) in [4.78, 5) is 27.5. The molecule has 6 nitrogen and oxygen atoms in total. The number of nitrogens with one attached hydrogen (secondary N) is 1. The van der Waals surface area contributed by atoms with Crippen LogP contribution in [-0.2, 0) is 16.2 Å². The molecule has 1 aliphatic heterocycles. The van der Waals surface area contributed by atoms with Gasteiger partial charge in [-0.25, -0.2) is 0 Å². The van der Waals surface area contributed by atoms with Gasteiger partial charge in [-0.2, -0.15) is 0 Å². The van der Waals surface area contributed by atoms with Crippen molar-refractivity contribution in [2.75, 3.05) is 4.90 Å². The Hall–Kier alpha value is -3.91. The van der Waals surface area contributed by atoms with Crippen LogP contribution in [0.4, 0.5) is 5.69 Å². The Balaban J connectivity index is 1.40. The lowest BCUT2D eigenvalue weighted by Gasteiger charge is -2.29. The zero-order valence-electron chi connectivity index (χ0n) is 21.1. The predicted octanol–water partition coefficient (Wildman–Crippen LogP) is 6.81. The van der Waals surface area contributed by atoms with Crippen molar-refractivity contribution in [2.24, 2.45) is 0 Å². The third kappa shape index (κ3) is 5.47. The van der Waals surface area contributed by atoms with Crippen LogP contribution in [0.3, 0.4) is 0 Å². The van der Waals surface area contributed by atoms with E-state index in [1.807, 2.05) is 68.4 Å². The van der Waals surface area contributed by atoms with E-state index in [0.717, 1.165) is 34.0 Å². The first-order valence-electron chi connectivity index (χ1n) is 12.1. The van der Waals surface area contributed by atoms with Gasteiger partial charge in [-0.15, -0.1) is 0 Å². The van der Waals surface area contributed by atoms with Gasteiger partial charge in [0.05, 0.1) is 10.7 Å². The summed E-state index contributed by atoms with van der Waals surface area (Å²) in [5, 5.41) is 3.62. The molecular weight excluding hydrogens is 553 g/mol. The number of hydrogen-bond donors (Lipinski definition) is 1. The molecule has 0 radical (unpaired) electrons. The van der Waals surface area contributed by atoms with Crippen LogP contribution in [0.15, 0.2) is 84.4 Å². The molecule has 0 unspecified atom stereocenters. The summed E-state index contributed by atoms with van der Waals surface area (Å²) in [7, 11) is 0. The molecule has 1 aromatic heterocycles. The lowest BCUT2D eigenvalue weighted by atomic mass is 10.1. The van der Waals surface area contributed by atoms with Crippen molar-refractivity contribution in [1.29, 1.82) is 0 Å². The molecule has 1 aliphatic rings. The number of nitrogens with zero attached hydrogens (tertiary/aromatic N) is 2. The number of hydrogen-bond acceptors (Lipinski definition) is 4. The van der Waals surface area contributed by atoms with E-state index in [9.17, 15) is 9.59 Å². The predicted molar refractivity (Wildman–Crippen MR) is 159 cm³/mol. The van der Waals surface area contributed by atoms with Crippen LogP contribution < -0.4 is 15.0 Å². The number of para-hydroxylation sites is 1. The first kappa shape index (κ1) is 26.7. The highest BCUT2D eigenvalue weighted by molar-refractivity contribution is 7.80. The van der Waals surface area contributed by atoms with Crippen molar-refractivity contribution in [3.05, 3.63) is 117 Å². The molecule has 2 amide bonds. The number of carbonyl (C=O) groups is 2. The van der Waals surface area contributed by atoms with Crippen LogP contribution in [0, 0.1) is 13.8 Å². The maximum atomic E-state index is 13.4. The van der Waals surface area contributed by atoms with Gasteiger partial charge >= 0.3 is 0 Å². The minimum atomic E-state index is -0.555. The van der Waals surface area contributed by atoms with Gasteiger partial charge in [-0.1, -0.05) is 47.5 Å². The molecule has 3 aromatic carbocycles. The number of anilines is 1. The zero-order valence-corrected chi connectivity index (χ0v) is 23.4. The topological polar surface area (TPSA) is 63.6 Å². The molecule has 4 aromatic rings. The highest BCUT2D eigenvalue weighted by Gasteiger charge is 2.35. The van der Waals surface area contributed by atoms with Gasteiger partial charge in [0, 0.05) is 22.1 Å². The number of aryl methyl sites for hydroxylation is 1. The fourth-order valence-electron chi connectivity index (χ4n) is 4.43. The SMILES string of the molecule is Cc1cc(/C=C2\C(=O)NC(=S)N(c3ccccc3Cl)C2=O)c(C)n1-c1ccc(OCc2ccc(Cl)cc2)cc1. The second-order valence-corrected chi connectivity index (χ2v) is 10.2. The summed E-state index contributed by atoms with van der Waals surface area (Å²) in [5.74, 6) is -0.359. The Bertz CT molecular complexity index is 1630. The van der Waals surface area contributed by atoms with Crippen LogP contribution in [0.25, 0.3) is 11.8 Å². The van der Waals surface area contributed by atoms with E-state index in [4.69, 9.17) is 40.2 Å². The molecule has 9 heteroatoms. The average molecular weight is 577 g/mol. The third-order valence-electron chi connectivity index (χ3n) is 6.38. The molecule has 1 fully saturated rings. The molecule has 0 atom stereocenters. The minimum absolute atomic E-state index is 0.0147. The van der Waals surface area contributed by atoms with E-state index in [1.54, 1.807) is 30.3 Å². The summed E-state index contributed by atoms with van der Waals surface area (Å²) in [6, 6.07) is 24.0. The van der Waals surface area contributed by atoms with Crippen molar-refractivity contribution in [1.82, 2.24) is 9.88 Å². The van der Waals surface area contributed by atoms with Gasteiger partial charge in [0.1, 0.15) is 17.9 Å². The van der Waals surface area contributed by atoms with Crippen molar-refractivity contribution in [3.8, 4) is 11.4 Å². The van der Waals surface area contributed by atoms with Crippen LogP contribution in [0.5, 0.6) is 5.75 Å². The molecule has 0 saturated carbocycles. The van der Waals surface area contributed by atoms with Gasteiger partial charge in [0.2, 0.25) is 0 Å². The molecule has 5 rings (SSSR count). The molecule has 2 heterocycles. The number of ether oxygens (including phenoxy) is 1. The number of benzene rings is 3. The first-order chi connectivity index (χ1) is 18.7. The number of halogens is 2. The first-order valence-corrected chi connectivity index (χ1v) is 13.2. The fraction of sp³-hybridized carbons (Fsp3) is 0.100. The highest BCUT2D eigenvalue weighted by Crippen LogP contribution is 2.30. The molecule has 1 saturated heterocycles. The minimum Gasteiger partial charge on any atom is -0.489 e. The molecule has 1 N–H and O–H groups in total. The Morgan fingerprint density at radius 3 is 2.33 bits per heavy atom. The van der Waals surface area contributed by atoms with Crippen LogP contribution >= 0.6 is 35.4 Å². The summed E-state index contributed by atoms with van der Waals surface area (Å²) in [6.07, 6.45) is 1.59. The van der Waals surface area contributed by atoms with E-state index in [2.05, 4.69) is 9.88 Å². The maximum Gasteiger partial charge on any atom is 0.270 e. The Morgan fingerprint density at radius 1 is 0.949 bits per heavy atom. The summed E-state index contributed by atoms with van der Waals surface area (Å²) in [6.45, 7) is 4.33. The molecule has 0 bridgehead atoms. The van der Waals surface area contributed by atoms with Crippen LogP contribution in [-0.4, -0.2) is 21.5 Å². The number of amides is 2. The smallest absolute Gasteiger partial charge is 0.270 e. The van der Waals surface area contributed by atoms with Gasteiger partial charge in [-0.3, -0.25) is 19.8 Å². The fourth-order valence-corrected chi connectivity index (χ4v) is 5.05. The number of carbonyl (C=O) groups excluding carboxylic acids is 2. The van der Waals surface area contributed by atoms with Crippen LogP contribution in [0.2, 0.25) is 10.0 Å². The second-order valence-electron chi connectivity index (χ2n) is 8.98.